The SMILES string of the molecule is Cn1nccc1-c1cc(NC(=O)Nc2ccc(F)cc2F)ccc1OCCC1CCCN1. The zero-order chi connectivity index (χ0) is 22.5. The Morgan fingerprint density at radius 2 is 2.09 bits per heavy atom. The van der Waals surface area contributed by atoms with Gasteiger partial charge in [-0.2, -0.15) is 5.10 Å². The molecule has 1 unspecified atom stereocenters. The Bertz CT molecular complexity index is 1100. The first-order valence-electron chi connectivity index (χ1n) is 10.5. The highest BCUT2D eigenvalue weighted by molar-refractivity contribution is 6.00. The van der Waals surface area contributed by atoms with E-state index in [1.807, 2.05) is 13.1 Å². The van der Waals surface area contributed by atoms with Gasteiger partial charge in [-0.1, -0.05) is 0 Å². The molecular formula is C23H25F2N5O2. The fourth-order valence-electron chi connectivity index (χ4n) is 3.76. The second-order valence-electron chi connectivity index (χ2n) is 7.68. The van der Waals surface area contributed by atoms with Crippen molar-refractivity contribution >= 4 is 17.4 Å². The molecule has 3 N–H and O–H groups in total. The van der Waals surface area contributed by atoms with Crippen LogP contribution in [0.4, 0.5) is 25.0 Å². The standard InChI is InChI=1S/C23H25F2N5O2/c1-30-21(8-11-27-30)18-14-17(5-7-22(18)32-12-9-16-3-2-10-26-16)28-23(31)29-20-6-4-15(24)13-19(20)25/h4-8,11,13-14,16,26H,2-3,9-10,12H2,1H3,(H2,28,29,31). The van der Waals surface area contributed by atoms with E-state index in [4.69, 9.17) is 4.74 Å². The average Bonchev–Trinajstić information content (AvgIpc) is 3.43. The van der Waals surface area contributed by atoms with Crippen LogP contribution in [0, 0.1) is 11.6 Å². The Morgan fingerprint density at radius 1 is 1.22 bits per heavy atom. The lowest BCUT2D eigenvalue weighted by Crippen LogP contribution is -2.23. The summed E-state index contributed by atoms with van der Waals surface area (Å²) in [6.07, 6.45) is 4.95. The van der Waals surface area contributed by atoms with Crippen molar-refractivity contribution in [2.24, 2.45) is 7.05 Å². The lowest BCUT2D eigenvalue weighted by molar-refractivity contribution is 0.262. The van der Waals surface area contributed by atoms with Crippen molar-refractivity contribution in [3.8, 4) is 17.0 Å². The van der Waals surface area contributed by atoms with Gasteiger partial charge in [0.25, 0.3) is 0 Å². The summed E-state index contributed by atoms with van der Waals surface area (Å²) >= 11 is 0. The molecule has 0 saturated carbocycles. The molecule has 1 saturated heterocycles. The lowest BCUT2D eigenvalue weighted by Gasteiger charge is -2.16. The van der Waals surface area contributed by atoms with Crippen LogP contribution in [0.1, 0.15) is 19.3 Å². The van der Waals surface area contributed by atoms with E-state index in [-0.39, 0.29) is 5.69 Å². The minimum atomic E-state index is -0.851. The number of nitrogens with one attached hydrogen (secondary N) is 3. The number of hydrogen-bond donors (Lipinski definition) is 3. The van der Waals surface area contributed by atoms with Crippen LogP contribution >= 0.6 is 0 Å². The molecule has 168 valence electrons. The maximum absolute atomic E-state index is 13.8. The molecule has 2 amide bonds. The fraction of sp³-hybridized carbons (Fsp3) is 0.304. The highest BCUT2D eigenvalue weighted by Crippen LogP contribution is 2.33. The van der Waals surface area contributed by atoms with E-state index in [1.165, 1.54) is 12.5 Å². The second kappa shape index (κ2) is 9.78. The maximum atomic E-state index is 13.8. The molecule has 1 fully saturated rings. The van der Waals surface area contributed by atoms with Gasteiger partial charge in [0.05, 0.1) is 18.0 Å². The van der Waals surface area contributed by atoms with Crippen molar-refractivity contribution in [3.63, 3.8) is 0 Å². The zero-order valence-corrected chi connectivity index (χ0v) is 17.7. The van der Waals surface area contributed by atoms with E-state index in [2.05, 4.69) is 21.0 Å². The minimum absolute atomic E-state index is 0.115. The summed E-state index contributed by atoms with van der Waals surface area (Å²) in [5.41, 5.74) is 1.98. The van der Waals surface area contributed by atoms with Gasteiger partial charge in [0.1, 0.15) is 17.4 Å². The number of benzene rings is 2. The molecule has 0 spiro atoms. The van der Waals surface area contributed by atoms with Crippen LogP contribution in [-0.4, -0.2) is 35.0 Å². The molecule has 0 aliphatic carbocycles. The molecule has 7 nitrogen and oxygen atoms in total. The summed E-state index contributed by atoms with van der Waals surface area (Å²) in [6.45, 7) is 1.62. The van der Waals surface area contributed by atoms with Gasteiger partial charge in [0.2, 0.25) is 0 Å². The van der Waals surface area contributed by atoms with Gasteiger partial charge in [0, 0.05) is 36.6 Å². The number of aromatic nitrogens is 2. The Kier molecular flexibility index (Phi) is 6.65. The molecule has 1 aromatic heterocycles. The molecule has 1 atom stereocenters. The van der Waals surface area contributed by atoms with Gasteiger partial charge in [-0.25, -0.2) is 13.6 Å². The number of carbonyl (C=O) groups excluding carboxylic acids is 1. The van der Waals surface area contributed by atoms with Crippen LogP contribution in [0.3, 0.4) is 0 Å². The summed E-state index contributed by atoms with van der Waals surface area (Å²) in [6, 6.07) is 9.93. The number of nitrogens with zero attached hydrogens (tertiary/aromatic N) is 2. The number of halogens is 2. The summed E-state index contributed by atoms with van der Waals surface area (Å²) in [5.74, 6) is -0.882. The molecule has 1 aliphatic heterocycles. The average molecular weight is 441 g/mol. The summed E-state index contributed by atoms with van der Waals surface area (Å²) in [5, 5.41) is 12.7. The van der Waals surface area contributed by atoms with Gasteiger partial charge in [0.15, 0.2) is 0 Å². The Morgan fingerprint density at radius 3 is 2.81 bits per heavy atom. The molecule has 2 heterocycles. The Balaban J connectivity index is 1.48. The third kappa shape index (κ3) is 5.23. The van der Waals surface area contributed by atoms with Crippen LogP contribution in [0.15, 0.2) is 48.7 Å². The quantitative estimate of drug-likeness (QED) is 0.503. The number of urea groups is 1. The smallest absolute Gasteiger partial charge is 0.323 e. The maximum Gasteiger partial charge on any atom is 0.323 e. The zero-order valence-electron chi connectivity index (χ0n) is 17.7. The molecule has 4 rings (SSSR count). The molecule has 0 bridgehead atoms. The van der Waals surface area contributed by atoms with Crippen LogP contribution in [0.25, 0.3) is 11.3 Å². The number of rotatable bonds is 7. The van der Waals surface area contributed by atoms with Gasteiger partial charge >= 0.3 is 6.03 Å². The number of aryl methyl sites for hydroxylation is 1. The highest BCUT2D eigenvalue weighted by atomic mass is 19.1. The lowest BCUT2D eigenvalue weighted by atomic mass is 10.1. The number of anilines is 2. The topological polar surface area (TPSA) is 80.2 Å². The van der Waals surface area contributed by atoms with Crippen LogP contribution in [-0.2, 0) is 7.05 Å². The van der Waals surface area contributed by atoms with Crippen molar-refractivity contribution in [3.05, 3.63) is 60.3 Å². The molecule has 0 radical (unpaired) electrons. The highest BCUT2D eigenvalue weighted by Gasteiger charge is 2.16. The predicted molar refractivity (Wildman–Crippen MR) is 119 cm³/mol. The van der Waals surface area contributed by atoms with Crippen molar-refractivity contribution in [2.45, 2.75) is 25.3 Å². The normalized spacial score (nSPS) is 15.5. The first-order chi connectivity index (χ1) is 15.5. The Hall–Kier alpha value is -3.46. The molecule has 1 aliphatic rings. The van der Waals surface area contributed by atoms with E-state index in [9.17, 15) is 13.6 Å². The van der Waals surface area contributed by atoms with Crippen molar-refractivity contribution < 1.29 is 18.3 Å². The van der Waals surface area contributed by atoms with Gasteiger partial charge in [-0.15, -0.1) is 0 Å². The van der Waals surface area contributed by atoms with E-state index in [0.717, 1.165) is 36.7 Å². The first kappa shape index (κ1) is 21.8. The van der Waals surface area contributed by atoms with Crippen molar-refractivity contribution in [1.29, 1.82) is 0 Å². The molecule has 3 aromatic rings. The monoisotopic (exact) mass is 441 g/mol. The second-order valence-corrected chi connectivity index (χ2v) is 7.68. The predicted octanol–water partition coefficient (Wildman–Crippen LogP) is 4.53. The summed E-state index contributed by atoms with van der Waals surface area (Å²) in [7, 11) is 1.83. The van der Waals surface area contributed by atoms with Gasteiger partial charge < -0.3 is 20.7 Å². The van der Waals surface area contributed by atoms with Crippen LogP contribution < -0.4 is 20.7 Å². The van der Waals surface area contributed by atoms with Crippen molar-refractivity contribution in [1.82, 2.24) is 15.1 Å². The van der Waals surface area contributed by atoms with E-state index in [1.54, 1.807) is 29.1 Å². The van der Waals surface area contributed by atoms with Crippen molar-refractivity contribution in [2.75, 3.05) is 23.8 Å². The number of ether oxygens (including phenoxy) is 1. The minimum Gasteiger partial charge on any atom is -0.493 e. The van der Waals surface area contributed by atoms with Gasteiger partial charge in [-0.05, 0) is 62.2 Å². The molecule has 2 aromatic carbocycles. The van der Waals surface area contributed by atoms with E-state index in [0.29, 0.717) is 30.2 Å². The molecule has 32 heavy (non-hydrogen) atoms. The third-order valence-corrected chi connectivity index (χ3v) is 5.40. The first-order valence-corrected chi connectivity index (χ1v) is 10.5. The fourth-order valence-corrected chi connectivity index (χ4v) is 3.76. The van der Waals surface area contributed by atoms with E-state index < -0.39 is 17.7 Å². The number of hydrogen-bond acceptors (Lipinski definition) is 4. The van der Waals surface area contributed by atoms with Crippen LogP contribution in [0.2, 0.25) is 0 Å². The van der Waals surface area contributed by atoms with E-state index >= 15 is 0 Å². The summed E-state index contributed by atoms with van der Waals surface area (Å²) < 4.78 is 34.7. The Labute approximate surface area is 184 Å². The van der Waals surface area contributed by atoms with Crippen LogP contribution in [0.5, 0.6) is 5.75 Å². The van der Waals surface area contributed by atoms with Gasteiger partial charge in [-0.3, -0.25) is 4.68 Å². The summed E-state index contributed by atoms with van der Waals surface area (Å²) in [4.78, 5) is 12.3. The third-order valence-electron chi connectivity index (χ3n) is 5.40. The molecular weight excluding hydrogens is 416 g/mol. The molecule has 9 heteroatoms. The number of amides is 2. The number of carbonyl (C=O) groups is 1. The largest absolute Gasteiger partial charge is 0.493 e.